The fraction of sp³-hybridized carbons (Fsp3) is 0.538. The molecule has 0 radical (unpaired) electrons. The minimum atomic E-state index is -0.505. The highest BCUT2D eigenvalue weighted by atomic mass is 16.5. The summed E-state index contributed by atoms with van der Waals surface area (Å²) in [7, 11) is 1.31. The monoisotopic (exact) mass is 268 g/mol. The molecule has 0 saturated carbocycles. The van der Waals surface area contributed by atoms with Crippen molar-refractivity contribution < 1.29 is 18.7 Å². The van der Waals surface area contributed by atoms with Crippen LogP contribution in [0.25, 0.3) is 0 Å². The zero-order chi connectivity index (χ0) is 14.3. The summed E-state index contributed by atoms with van der Waals surface area (Å²) in [5.74, 6) is -0.349. The van der Waals surface area contributed by atoms with E-state index in [9.17, 15) is 9.59 Å². The first kappa shape index (κ1) is 15.2. The van der Waals surface area contributed by atoms with Gasteiger partial charge in [-0.05, 0) is 19.5 Å². The molecule has 6 heteroatoms. The number of furan rings is 1. The van der Waals surface area contributed by atoms with Crippen LogP contribution in [0, 0.1) is 0 Å². The summed E-state index contributed by atoms with van der Waals surface area (Å²) in [5.41, 5.74) is 0.720. The number of likely N-dealkylation sites (N-methyl/N-ethyl adjacent to an activating group) is 2. The van der Waals surface area contributed by atoms with Crippen LogP contribution in [-0.4, -0.2) is 43.5 Å². The molecule has 0 aliphatic rings. The molecule has 0 fully saturated rings. The highest BCUT2D eigenvalue weighted by molar-refractivity contribution is 5.87. The molecule has 1 aromatic heterocycles. The Morgan fingerprint density at radius 3 is 2.74 bits per heavy atom. The molecule has 106 valence electrons. The minimum Gasteiger partial charge on any atom is -0.463 e. The van der Waals surface area contributed by atoms with Crippen molar-refractivity contribution in [1.29, 1.82) is 0 Å². The fourth-order valence-corrected chi connectivity index (χ4v) is 1.71. The van der Waals surface area contributed by atoms with Crippen LogP contribution in [-0.2, 0) is 16.1 Å². The Balaban J connectivity index is 2.68. The number of hydrogen-bond donors (Lipinski definition) is 1. The summed E-state index contributed by atoms with van der Waals surface area (Å²) in [5, 5.41) is 2.74. The molecular weight excluding hydrogens is 248 g/mol. The van der Waals surface area contributed by atoms with E-state index in [0.29, 0.717) is 19.6 Å². The van der Waals surface area contributed by atoms with Crippen molar-refractivity contribution in [3.05, 3.63) is 23.7 Å². The Morgan fingerprint density at radius 1 is 1.42 bits per heavy atom. The van der Waals surface area contributed by atoms with Crippen molar-refractivity contribution in [2.75, 3.05) is 26.7 Å². The minimum absolute atomic E-state index is 0.0348. The maximum Gasteiger partial charge on any atom is 0.374 e. The molecule has 1 aromatic rings. The zero-order valence-electron chi connectivity index (χ0n) is 11.6. The van der Waals surface area contributed by atoms with Crippen LogP contribution in [0.4, 0.5) is 0 Å². The lowest BCUT2D eigenvalue weighted by molar-refractivity contribution is -0.122. The van der Waals surface area contributed by atoms with Gasteiger partial charge in [-0.25, -0.2) is 4.79 Å². The molecule has 0 aromatic carbocycles. The van der Waals surface area contributed by atoms with E-state index >= 15 is 0 Å². The molecule has 1 heterocycles. The number of ether oxygens (including phenoxy) is 1. The van der Waals surface area contributed by atoms with Crippen molar-refractivity contribution in [2.45, 2.75) is 20.4 Å². The Labute approximate surface area is 112 Å². The van der Waals surface area contributed by atoms with Gasteiger partial charge in [0.05, 0.1) is 19.9 Å². The second-order valence-corrected chi connectivity index (χ2v) is 4.02. The third-order valence-electron chi connectivity index (χ3n) is 2.70. The second-order valence-electron chi connectivity index (χ2n) is 4.02. The molecule has 0 saturated heterocycles. The van der Waals surface area contributed by atoms with Crippen molar-refractivity contribution in [2.24, 2.45) is 0 Å². The van der Waals surface area contributed by atoms with Gasteiger partial charge in [-0.15, -0.1) is 0 Å². The van der Waals surface area contributed by atoms with Crippen molar-refractivity contribution in [3.63, 3.8) is 0 Å². The van der Waals surface area contributed by atoms with Gasteiger partial charge in [0.1, 0.15) is 0 Å². The number of nitrogens with zero attached hydrogens (tertiary/aromatic N) is 1. The first-order valence-electron chi connectivity index (χ1n) is 6.26. The molecular formula is C13H20N2O4. The zero-order valence-corrected chi connectivity index (χ0v) is 11.6. The van der Waals surface area contributed by atoms with E-state index in [4.69, 9.17) is 4.42 Å². The van der Waals surface area contributed by atoms with E-state index in [0.717, 1.165) is 5.56 Å². The number of methoxy groups -OCH3 is 1. The molecule has 0 aliphatic carbocycles. The van der Waals surface area contributed by atoms with E-state index in [1.54, 1.807) is 6.07 Å². The smallest absolute Gasteiger partial charge is 0.374 e. The normalized spacial score (nSPS) is 10.5. The third kappa shape index (κ3) is 4.40. The van der Waals surface area contributed by atoms with Crippen molar-refractivity contribution >= 4 is 11.9 Å². The highest BCUT2D eigenvalue weighted by Crippen LogP contribution is 2.14. The van der Waals surface area contributed by atoms with Gasteiger partial charge in [-0.2, -0.15) is 0 Å². The highest BCUT2D eigenvalue weighted by Gasteiger charge is 2.18. The van der Waals surface area contributed by atoms with E-state index in [1.807, 2.05) is 18.7 Å². The summed E-state index contributed by atoms with van der Waals surface area (Å²) in [4.78, 5) is 24.9. The summed E-state index contributed by atoms with van der Waals surface area (Å²) in [6.07, 6.45) is 1.45. The van der Waals surface area contributed by atoms with Crippen LogP contribution in [0.1, 0.15) is 30.0 Å². The third-order valence-corrected chi connectivity index (χ3v) is 2.70. The average Bonchev–Trinajstić information content (AvgIpc) is 2.85. The maximum absolute atomic E-state index is 11.5. The number of esters is 1. The van der Waals surface area contributed by atoms with E-state index < -0.39 is 5.97 Å². The van der Waals surface area contributed by atoms with Crippen molar-refractivity contribution in [1.82, 2.24) is 10.2 Å². The number of carbonyl (C=O) groups is 2. The van der Waals surface area contributed by atoms with E-state index in [-0.39, 0.29) is 18.2 Å². The predicted octanol–water partition coefficient (Wildman–Crippen LogP) is 1.02. The number of hydrogen-bond acceptors (Lipinski definition) is 5. The molecule has 1 rings (SSSR count). The molecule has 0 aliphatic heterocycles. The van der Waals surface area contributed by atoms with Gasteiger partial charge in [-0.1, -0.05) is 6.92 Å². The lowest BCUT2D eigenvalue weighted by Crippen LogP contribution is -2.36. The summed E-state index contributed by atoms with van der Waals surface area (Å²) < 4.78 is 9.75. The molecule has 1 amide bonds. The van der Waals surface area contributed by atoms with Gasteiger partial charge < -0.3 is 14.5 Å². The van der Waals surface area contributed by atoms with Crippen LogP contribution in [0.15, 0.2) is 16.7 Å². The maximum atomic E-state index is 11.5. The van der Waals surface area contributed by atoms with Gasteiger partial charge in [0.25, 0.3) is 0 Å². The topological polar surface area (TPSA) is 71.8 Å². The van der Waals surface area contributed by atoms with Gasteiger partial charge in [0.15, 0.2) is 0 Å². The van der Waals surface area contributed by atoms with Gasteiger partial charge in [-0.3, -0.25) is 9.69 Å². The van der Waals surface area contributed by atoms with Gasteiger partial charge in [0.2, 0.25) is 11.7 Å². The standard InChI is InChI=1S/C13H20N2O4/c1-4-14-11(16)9-15(5-2)8-10-6-7-19-12(10)13(17)18-3/h6-7H,4-5,8-9H2,1-3H3,(H,14,16). The second kappa shape index (κ2) is 7.58. The molecule has 1 N–H and O–H groups in total. The first-order chi connectivity index (χ1) is 9.12. The Morgan fingerprint density at radius 2 is 2.16 bits per heavy atom. The van der Waals surface area contributed by atoms with Crippen LogP contribution >= 0.6 is 0 Å². The van der Waals surface area contributed by atoms with Crippen molar-refractivity contribution in [3.8, 4) is 0 Å². The largest absolute Gasteiger partial charge is 0.463 e. The van der Waals surface area contributed by atoms with E-state index in [2.05, 4.69) is 10.1 Å². The molecule has 6 nitrogen and oxygen atoms in total. The number of carbonyl (C=O) groups excluding carboxylic acids is 2. The van der Waals surface area contributed by atoms with Crippen LogP contribution in [0.5, 0.6) is 0 Å². The number of rotatable bonds is 7. The summed E-state index contributed by atoms with van der Waals surface area (Å²) >= 11 is 0. The van der Waals surface area contributed by atoms with Crippen LogP contribution in [0.2, 0.25) is 0 Å². The lowest BCUT2D eigenvalue weighted by Gasteiger charge is -2.19. The van der Waals surface area contributed by atoms with Gasteiger partial charge in [0, 0.05) is 18.7 Å². The summed E-state index contributed by atoms with van der Waals surface area (Å²) in [6, 6.07) is 1.71. The lowest BCUT2D eigenvalue weighted by atomic mass is 10.2. The van der Waals surface area contributed by atoms with E-state index in [1.165, 1.54) is 13.4 Å². The molecule has 0 spiro atoms. The Bertz CT molecular complexity index is 428. The first-order valence-corrected chi connectivity index (χ1v) is 6.26. The Kier molecular flexibility index (Phi) is 6.08. The fourth-order valence-electron chi connectivity index (χ4n) is 1.71. The van der Waals surface area contributed by atoms with Gasteiger partial charge >= 0.3 is 5.97 Å². The summed E-state index contributed by atoms with van der Waals surface area (Å²) in [6.45, 7) is 5.89. The average molecular weight is 268 g/mol. The number of amides is 1. The van der Waals surface area contributed by atoms with Crippen LogP contribution < -0.4 is 5.32 Å². The number of nitrogens with one attached hydrogen (secondary N) is 1. The predicted molar refractivity (Wildman–Crippen MR) is 69.7 cm³/mol. The molecule has 0 bridgehead atoms. The Hall–Kier alpha value is -1.82. The SMILES string of the molecule is CCNC(=O)CN(CC)Cc1ccoc1C(=O)OC. The molecule has 0 atom stereocenters. The van der Waals surface area contributed by atoms with Crippen LogP contribution in [0.3, 0.4) is 0 Å². The molecule has 19 heavy (non-hydrogen) atoms. The quantitative estimate of drug-likeness (QED) is 0.748. The molecule has 0 unspecified atom stereocenters.